The molecule has 2 aromatic rings. The second-order valence-electron chi connectivity index (χ2n) is 9.41. The molecule has 1 aromatic carbocycles. The zero-order valence-corrected chi connectivity index (χ0v) is 18.8. The Morgan fingerprint density at radius 3 is 2.52 bits per heavy atom. The zero-order chi connectivity index (χ0) is 23.0. The van der Waals surface area contributed by atoms with Gasteiger partial charge >= 0.3 is 5.97 Å². The average Bonchev–Trinajstić information content (AvgIpc) is 3.47. The van der Waals surface area contributed by atoms with E-state index in [0.717, 1.165) is 63.1 Å². The van der Waals surface area contributed by atoms with Crippen molar-refractivity contribution >= 4 is 5.97 Å². The summed E-state index contributed by atoms with van der Waals surface area (Å²) in [4.78, 5) is 16.2. The van der Waals surface area contributed by atoms with Crippen LogP contribution < -0.4 is 0 Å². The number of aliphatic hydroxyl groups excluding tert-OH is 1. The lowest BCUT2D eigenvalue weighted by molar-refractivity contribution is -0.136. The molecule has 1 N–H and O–H groups in total. The van der Waals surface area contributed by atoms with E-state index in [2.05, 4.69) is 25.3 Å². The molecule has 5 rings (SSSR count). The maximum absolute atomic E-state index is 14.7. The summed E-state index contributed by atoms with van der Waals surface area (Å²) in [6.45, 7) is 6.34. The molecular formula is C23H29FN6O3. The third-order valence-corrected chi connectivity index (χ3v) is 7.59. The number of carbonyl (C=O) groups is 1. The van der Waals surface area contributed by atoms with Crippen molar-refractivity contribution in [3.8, 4) is 5.69 Å². The molecule has 0 aliphatic carbocycles. The lowest BCUT2D eigenvalue weighted by Crippen LogP contribution is -2.47. The molecule has 2 saturated heterocycles. The van der Waals surface area contributed by atoms with Crippen molar-refractivity contribution in [3.63, 3.8) is 0 Å². The molecule has 1 atom stereocenters. The quantitative estimate of drug-likeness (QED) is 0.681. The van der Waals surface area contributed by atoms with Gasteiger partial charge in [0.05, 0.1) is 23.1 Å². The summed E-state index contributed by atoms with van der Waals surface area (Å²) in [5.41, 5.74) is 2.90. The number of nitrogens with zero attached hydrogens (tertiary/aromatic N) is 6. The minimum atomic E-state index is -0.890. The number of aromatic nitrogens is 4. The third kappa shape index (κ3) is 4.37. The monoisotopic (exact) mass is 456 g/mol. The topological polar surface area (TPSA) is 96.6 Å². The van der Waals surface area contributed by atoms with Gasteiger partial charge in [-0.05, 0) is 67.6 Å². The van der Waals surface area contributed by atoms with Crippen LogP contribution in [0.5, 0.6) is 0 Å². The summed E-state index contributed by atoms with van der Waals surface area (Å²) in [7, 11) is 0. The van der Waals surface area contributed by atoms with Gasteiger partial charge in [0.2, 0.25) is 0 Å². The number of halogens is 1. The fourth-order valence-corrected chi connectivity index (χ4v) is 5.31. The van der Waals surface area contributed by atoms with Crippen LogP contribution >= 0.6 is 0 Å². The van der Waals surface area contributed by atoms with E-state index in [-0.39, 0.29) is 11.5 Å². The molecule has 0 saturated carbocycles. The standard InChI is InChI=1S/C23H29FN6O3/c1-16-20(14-33-22(16)32)29-10-6-23(7-11-29)4-8-28(9-5-23)13-21(31)18-3-2-17(12-19(18)24)30-15-25-26-27-30/h2-3,12,15,21,31H,4-11,13-14H2,1H3/t21-/m0/s1. The van der Waals surface area contributed by atoms with Crippen LogP contribution in [0, 0.1) is 11.2 Å². The lowest BCUT2D eigenvalue weighted by atomic mass is 9.71. The molecule has 1 spiro atoms. The first kappa shape index (κ1) is 22.0. The Bertz CT molecular complexity index is 1040. The molecule has 0 bridgehead atoms. The van der Waals surface area contributed by atoms with Crippen molar-refractivity contribution < 1.29 is 19.0 Å². The molecule has 10 heteroatoms. The van der Waals surface area contributed by atoms with Crippen molar-refractivity contribution in [1.29, 1.82) is 0 Å². The molecule has 0 unspecified atom stereocenters. The minimum absolute atomic E-state index is 0.196. The zero-order valence-electron chi connectivity index (χ0n) is 18.8. The highest BCUT2D eigenvalue weighted by atomic mass is 19.1. The van der Waals surface area contributed by atoms with Crippen LogP contribution in [-0.4, -0.2) is 80.4 Å². The predicted molar refractivity (Wildman–Crippen MR) is 117 cm³/mol. The van der Waals surface area contributed by atoms with Gasteiger partial charge in [-0.25, -0.2) is 13.9 Å². The molecule has 176 valence electrons. The van der Waals surface area contributed by atoms with Crippen molar-refractivity contribution in [2.24, 2.45) is 5.41 Å². The molecular weight excluding hydrogens is 427 g/mol. The Hall–Kier alpha value is -2.85. The molecule has 4 heterocycles. The summed E-state index contributed by atoms with van der Waals surface area (Å²) < 4.78 is 21.2. The Morgan fingerprint density at radius 2 is 1.91 bits per heavy atom. The van der Waals surface area contributed by atoms with E-state index in [9.17, 15) is 14.3 Å². The summed E-state index contributed by atoms with van der Waals surface area (Å²) in [6, 6.07) is 4.65. The van der Waals surface area contributed by atoms with E-state index in [0.29, 0.717) is 24.3 Å². The van der Waals surface area contributed by atoms with Crippen molar-refractivity contribution in [3.05, 3.63) is 47.2 Å². The largest absolute Gasteiger partial charge is 0.456 e. The highest BCUT2D eigenvalue weighted by Gasteiger charge is 2.39. The van der Waals surface area contributed by atoms with Crippen LogP contribution in [0.2, 0.25) is 0 Å². The van der Waals surface area contributed by atoms with E-state index in [4.69, 9.17) is 4.74 Å². The molecule has 3 aliphatic heterocycles. The minimum Gasteiger partial charge on any atom is -0.456 e. The lowest BCUT2D eigenvalue weighted by Gasteiger charge is -2.47. The van der Waals surface area contributed by atoms with Crippen molar-refractivity contribution in [1.82, 2.24) is 30.0 Å². The first-order chi connectivity index (χ1) is 15.9. The Labute approximate surface area is 191 Å². The van der Waals surface area contributed by atoms with Gasteiger partial charge in [-0.15, -0.1) is 5.10 Å². The number of cyclic esters (lactones) is 1. The number of β-amino-alcohol motifs (C(OH)–C–C–N with tert-alkyl or cyclic N) is 1. The summed E-state index contributed by atoms with van der Waals surface area (Å²) in [5, 5.41) is 21.6. The van der Waals surface area contributed by atoms with Crippen LogP contribution in [0.25, 0.3) is 5.69 Å². The number of hydrogen-bond donors (Lipinski definition) is 1. The van der Waals surface area contributed by atoms with Gasteiger partial charge in [0.1, 0.15) is 18.8 Å². The van der Waals surface area contributed by atoms with Gasteiger partial charge in [0.25, 0.3) is 0 Å². The second kappa shape index (κ2) is 8.83. The summed E-state index contributed by atoms with van der Waals surface area (Å²) >= 11 is 0. The maximum atomic E-state index is 14.7. The fraction of sp³-hybridized carbons (Fsp3) is 0.565. The number of benzene rings is 1. The van der Waals surface area contributed by atoms with Gasteiger partial charge in [0, 0.05) is 31.3 Å². The van der Waals surface area contributed by atoms with Crippen LogP contribution in [0.3, 0.4) is 0 Å². The van der Waals surface area contributed by atoms with Crippen LogP contribution in [0.1, 0.15) is 44.3 Å². The van der Waals surface area contributed by atoms with Crippen LogP contribution in [0.4, 0.5) is 4.39 Å². The molecule has 3 aliphatic rings. The summed E-state index contributed by atoms with van der Waals surface area (Å²) in [5.74, 6) is -0.658. The first-order valence-corrected chi connectivity index (χ1v) is 11.5. The average molecular weight is 457 g/mol. The summed E-state index contributed by atoms with van der Waals surface area (Å²) in [6.07, 6.45) is 4.85. The van der Waals surface area contributed by atoms with E-state index in [1.807, 2.05) is 6.92 Å². The van der Waals surface area contributed by atoms with Crippen LogP contribution in [0.15, 0.2) is 35.8 Å². The molecule has 0 amide bonds. The number of ether oxygens (including phenoxy) is 1. The molecule has 2 fully saturated rings. The number of likely N-dealkylation sites (tertiary alicyclic amines) is 2. The predicted octanol–water partition coefficient (Wildman–Crippen LogP) is 1.84. The number of aliphatic hydroxyl groups is 1. The van der Waals surface area contributed by atoms with E-state index >= 15 is 0 Å². The second-order valence-corrected chi connectivity index (χ2v) is 9.41. The number of carbonyl (C=O) groups excluding carboxylic acids is 1. The SMILES string of the molecule is CC1=C(N2CCC3(CCN(C[C@H](O)c4ccc(-n5cnnn5)cc4F)CC3)CC2)COC1=O. The molecule has 33 heavy (non-hydrogen) atoms. The number of piperidine rings is 2. The first-order valence-electron chi connectivity index (χ1n) is 11.5. The Morgan fingerprint density at radius 1 is 1.18 bits per heavy atom. The highest BCUT2D eigenvalue weighted by molar-refractivity contribution is 5.90. The van der Waals surface area contributed by atoms with E-state index < -0.39 is 11.9 Å². The van der Waals surface area contributed by atoms with Gasteiger partial charge in [-0.1, -0.05) is 6.07 Å². The van der Waals surface area contributed by atoms with Crippen molar-refractivity contribution in [2.75, 3.05) is 39.3 Å². The van der Waals surface area contributed by atoms with Gasteiger partial charge < -0.3 is 19.6 Å². The van der Waals surface area contributed by atoms with Crippen molar-refractivity contribution in [2.45, 2.75) is 38.7 Å². The highest BCUT2D eigenvalue weighted by Crippen LogP contribution is 2.42. The molecule has 9 nitrogen and oxygen atoms in total. The van der Waals surface area contributed by atoms with Gasteiger partial charge in [-0.2, -0.15) is 0 Å². The van der Waals surface area contributed by atoms with E-state index in [1.54, 1.807) is 12.1 Å². The smallest absolute Gasteiger partial charge is 0.335 e. The van der Waals surface area contributed by atoms with Gasteiger partial charge in [0.15, 0.2) is 0 Å². The number of rotatable bonds is 5. The third-order valence-electron chi connectivity index (χ3n) is 7.59. The molecule has 0 radical (unpaired) electrons. The number of tetrazole rings is 1. The molecule has 1 aromatic heterocycles. The van der Waals surface area contributed by atoms with Gasteiger partial charge in [-0.3, -0.25) is 0 Å². The Balaban J connectivity index is 1.14. The maximum Gasteiger partial charge on any atom is 0.335 e. The number of hydrogen-bond acceptors (Lipinski definition) is 8. The normalized spacial score (nSPS) is 22.2. The van der Waals surface area contributed by atoms with E-state index in [1.165, 1.54) is 17.1 Å². The number of esters is 1. The van der Waals surface area contributed by atoms with Crippen LogP contribution in [-0.2, 0) is 9.53 Å². The fourth-order valence-electron chi connectivity index (χ4n) is 5.31. The Kier molecular flexibility index (Phi) is 5.88.